The summed E-state index contributed by atoms with van der Waals surface area (Å²) < 4.78 is 18.5. The van der Waals surface area contributed by atoms with Gasteiger partial charge < -0.3 is 28.8 Å². The number of aliphatic hydroxyl groups excluding tert-OH is 1. The smallest absolute Gasteiger partial charge is 0.295 e. The predicted octanol–water partition coefficient (Wildman–Crippen LogP) is 3.81. The standard InChI is InChI=1S/C27H29N3O6/c1-4-36-19-11-9-18(10-12-19)24(31)22-23(20-7-5-8-21(34-2)26(20)35-3)30(27(33)25(22)32)15-6-14-29-16-13-28-17-29/h5,7-13,16-17,23,31H,4,6,14-15H2,1-3H3. The first-order valence-electron chi connectivity index (χ1n) is 11.7. The summed E-state index contributed by atoms with van der Waals surface area (Å²) in [5.74, 6) is -0.200. The van der Waals surface area contributed by atoms with E-state index in [1.54, 1.807) is 55.0 Å². The van der Waals surface area contributed by atoms with Crippen LogP contribution in [0.5, 0.6) is 17.2 Å². The van der Waals surface area contributed by atoms with Crippen LogP contribution in [-0.4, -0.2) is 58.6 Å². The Hall–Kier alpha value is -4.27. The van der Waals surface area contributed by atoms with E-state index in [-0.39, 0.29) is 17.9 Å². The molecular formula is C27H29N3O6. The highest BCUT2D eigenvalue weighted by Gasteiger charge is 2.47. The summed E-state index contributed by atoms with van der Waals surface area (Å²) in [4.78, 5) is 32.1. The van der Waals surface area contributed by atoms with Crippen molar-refractivity contribution in [1.82, 2.24) is 14.5 Å². The number of imidazole rings is 1. The highest BCUT2D eigenvalue weighted by Crippen LogP contribution is 2.45. The van der Waals surface area contributed by atoms with E-state index in [4.69, 9.17) is 14.2 Å². The fourth-order valence-corrected chi connectivity index (χ4v) is 4.44. The van der Waals surface area contributed by atoms with Crippen LogP contribution in [0, 0.1) is 0 Å². The summed E-state index contributed by atoms with van der Waals surface area (Å²) in [6.07, 6.45) is 5.80. The van der Waals surface area contributed by atoms with Gasteiger partial charge >= 0.3 is 0 Å². The number of hydrogen-bond acceptors (Lipinski definition) is 7. The molecule has 1 N–H and O–H groups in total. The Morgan fingerprint density at radius 3 is 2.47 bits per heavy atom. The van der Waals surface area contributed by atoms with Gasteiger partial charge in [-0.05, 0) is 43.7 Å². The third kappa shape index (κ3) is 4.77. The zero-order valence-electron chi connectivity index (χ0n) is 20.5. The molecule has 188 valence electrons. The number of amides is 1. The van der Waals surface area contributed by atoms with Gasteiger partial charge in [-0.25, -0.2) is 4.98 Å². The van der Waals surface area contributed by atoms with Crippen LogP contribution in [0.25, 0.3) is 5.76 Å². The van der Waals surface area contributed by atoms with Gasteiger partial charge in [0.25, 0.3) is 11.7 Å². The monoisotopic (exact) mass is 491 g/mol. The summed E-state index contributed by atoms with van der Waals surface area (Å²) in [6.45, 7) is 3.28. The minimum Gasteiger partial charge on any atom is -0.507 e. The van der Waals surface area contributed by atoms with Gasteiger partial charge in [-0.3, -0.25) is 9.59 Å². The van der Waals surface area contributed by atoms with Crippen LogP contribution in [0.15, 0.2) is 66.8 Å². The lowest BCUT2D eigenvalue weighted by atomic mass is 9.94. The van der Waals surface area contributed by atoms with Crippen LogP contribution in [-0.2, 0) is 16.1 Å². The third-order valence-corrected chi connectivity index (χ3v) is 6.08. The number of para-hydroxylation sites is 1. The van der Waals surface area contributed by atoms with Crippen molar-refractivity contribution in [3.63, 3.8) is 0 Å². The molecule has 36 heavy (non-hydrogen) atoms. The molecule has 0 radical (unpaired) electrons. The first kappa shape index (κ1) is 24.8. The Kier molecular flexibility index (Phi) is 7.58. The second-order valence-corrected chi connectivity index (χ2v) is 8.19. The van der Waals surface area contributed by atoms with E-state index in [1.807, 2.05) is 17.7 Å². The van der Waals surface area contributed by atoms with E-state index in [0.717, 1.165) is 0 Å². The number of carbonyl (C=O) groups is 2. The number of rotatable bonds is 10. The van der Waals surface area contributed by atoms with Gasteiger partial charge in [0.05, 0.1) is 38.8 Å². The molecule has 2 heterocycles. The van der Waals surface area contributed by atoms with E-state index in [0.29, 0.717) is 47.9 Å². The molecule has 2 aromatic carbocycles. The number of methoxy groups -OCH3 is 2. The molecule has 0 saturated carbocycles. The number of hydrogen-bond donors (Lipinski definition) is 1. The van der Waals surface area contributed by atoms with Gasteiger partial charge in [-0.1, -0.05) is 12.1 Å². The van der Waals surface area contributed by atoms with Gasteiger partial charge in [0.15, 0.2) is 11.5 Å². The Balaban J connectivity index is 1.79. The molecule has 1 aromatic heterocycles. The van der Waals surface area contributed by atoms with Crippen LogP contribution < -0.4 is 14.2 Å². The average molecular weight is 492 g/mol. The topological polar surface area (TPSA) is 103 Å². The summed E-state index contributed by atoms with van der Waals surface area (Å²) in [5, 5.41) is 11.3. The van der Waals surface area contributed by atoms with E-state index in [2.05, 4.69) is 4.98 Å². The lowest BCUT2D eigenvalue weighted by Gasteiger charge is -2.27. The molecule has 9 nitrogen and oxygen atoms in total. The fourth-order valence-electron chi connectivity index (χ4n) is 4.44. The summed E-state index contributed by atoms with van der Waals surface area (Å²) in [5.41, 5.74) is 0.950. The number of aryl methyl sites for hydroxylation is 1. The van der Waals surface area contributed by atoms with Crippen molar-refractivity contribution in [2.45, 2.75) is 25.9 Å². The van der Waals surface area contributed by atoms with Gasteiger partial charge in [-0.2, -0.15) is 0 Å². The molecule has 1 amide bonds. The van der Waals surface area contributed by atoms with Gasteiger partial charge in [-0.15, -0.1) is 0 Å². The van der Waals surface area contributed by atoms with Crippen LogP contribution in [0.3, 0.4) is 0 Å². The van der Waals surface area contributed by atoms with Crippen molar-refractivity contribution in [3.05, 3.63) is 77.9 Å². The first-order valence-corrected chi connectivity index (χ1v) is 11.7. The SMILES string of the molecule is CCOc1ccc(C(O)=C2C(=O)C(=O)N(CCCn3ccnc3)C2c2cccc(OC)c2OC)cc1. The highest BCUT2D eigenvalue weighted by atomic mass is 16.5. The molecule has 0 bridgehead atoms. The third-order valence-electron chi connectivity index (χ3n) is 6.08. The minimum atomic E-state index is -0.857. The fraction of sp³-hybridized carbons (Fsp3) is 0.296. The predicted molar refractivity (Wildman–Crippen MR) is 133 cm³/mol. The molecule has 1 saturated heterocycles. The van der Waals surface area contributed by atoms with Crippen LogP contribution in [0.4, 0.5) is 0 Å². The van der Waals surface area contributed by atoms with Crippen molar-refractivity contribution in [2.75, 3.05) is 27.4 Å². The molecule has 1 fully saturated rings. The lowest BCUT2D eigenvalue weighted by Crippen LogP contribution is -2.31. The first-order chi connectivity index (χ1) is 17.5. The molecule has 0 spiro atoms. The van der Waals surface area contributed by atoms with Crippen molar-refractivity contribution < 1.29 is 28.9 Å². The summed E-state index contributed by atoms with van der Waals surface area (Å²) >= 11 is 0. The Morgan fingerprint density at radius 1 is 1.06 bits per heavy atom. The van der Waals surface area contributed by atoms with E-state index >= 15 is 0 Å². The maximum atomic E-state index is 13.3. The average Bonchev–Trinajstić information content (AvgIpc) is 3.50. The van der Waals surface area contributed by atoms with E-state index in [1.165, 1.54) is 19.1 Å². The Bertz CT molecular complexity index is 1250. The van der Waals surface area contributed by atoms with Crippen LogP contribution in [0.1, 0.15) is 30.5 Å². The maximum Gasteiger partial charge on any atom is 0.295 e. The van der Waals surface area contributed by atoms with Crippen LogP contribution in [0.2, 0.25) is 0 Å². The second kappa shape index (κ2) is 11.0. The maximum absolute atomic E-state index is 13.3. The molecule has 1 aliphatic rings. The molecule has 0 aliphatic carbocycles. The number of ether oxygens (including phenoxy) is 3. The van der Waals surface area contributed by atoms with Crippen molar-refractivity contribution >= 4 is 17.4 Å². The zero-order chi connectivity index (χ0) is 25.7. The quantitative estimate of drug-likeness (QED) is 0.261. The zero-order valence-corrected chi connectivity index (χ0v) is 20.5. The molecule has 9 heteroatoms. The minimum absolute atomic E-state index is 0.00153. The lowest BCUT2D eigenvalue weighted by molar-refractivity contribution is -0.140. The summed E-state index contributed by atoms with van der Waals surface area (Å²) in [7, 11) is 3.02. The molecule has 4 rings (SSSR count). The highest BCUT2D eigenvalue weighted by molar-refractivity contribution is 6.46. The number of nitrogens with zero attached hydrogens (tertiary/aromatic N) is 3. The van der Waals surface area contributed by atoms with Crippen molar-refractivity contribution in [3.8, 4) is 17.2 Å². The number of ketones is 1. The number of benzene rings is 2. The number of Topliss-reactive ketones (excluding diaryl/α,β-unsaturated/α-hetero) is 1. The second-order valence-electron chi connectivity index (χ2n) is 8.19. The number of carbonyl (C=O) groups excluding carboxylic acids is 2. The molecule has 1 aliphatic heterocycles. The molecule has 3 aromatic rings. The van der Waals surface area contributed by atoms with Crippen LogP contribution >= 0.6 is 0 Å². The number of likely N-dealkylation sites (tertiary alicyclic amines) is 1. The van der Waals surface area contributed by atoms with Gasteiger partial charge in [0.1, 0.15) is 11.5 Å². The number of aliphatic hydroxyl groups is 1. The molecule has 1 atom stereocenters. The van der Waals surface area contributed by atoms with E-state index < -0.39 is 17.7 Å². The van der Waals surface area contributed by atoms with Crippen molar-refractivity contribution in [2.24, 2.45) is 0 Å². The molecule has 1 unspecified atom stereocenters. The molecular weight excluding hydrogens is 462 g/mol. The van der Waals surface area contributed by atoms with Crippen molar-refractivity contribution in [1.29, 1.82) is 0 Å². The Morgan fingerprint density at radius 2 is 1.83 bits per heavy atom. The van der Waals surface area contributed by atoms with E-state index in [9.17, 15) is 14.7 Å². The normalized spacial score (nSPS) is 16.9. The Labute approximate surface area is 209 Å². The van der Waals surface area contributed by atoms with Gasteiger partial charge in [0, 0.05) is 36.6 Å². The van der Waals surface area contributed by atoms with Gasteiger partial charge in [0.2, 0.25) is 0 Å². The largest absolute Gasteiger partial charge is 0.507 e. The number of aromatic nitrogens is 2. The summed E-state index contributed by atoms with van der Waals surface area (Å²) in [6, 6.07) is 11.1.